The van der Waals surface area contributed by atoms with Crippen molar-refractivity contribution < 1.29 is 18.3 Å². The second-order valence-electron chi connectivity index (χ2n) is 4.03. The largest absolute Gasteiger partial charge is 0.507 e. The van der Waals surface area contributed by atoms with E-state index in [1.54, 1.807) is 0 Å². The van der Waals surface area contributed by atoms with Gasteiger partial charge in [0, 0.05) is 12.1 Å². The number of rotatable bonds is 1. The fourth-order valence-corrected chi connectivity index (χ4v) is 1.83. The third kappa shape index (κ3) is 1.91. The molecule has 0 spiro atoms. The lowest BCUT2D eigenvalue weighted by molar-refractivity contribution is 0.475. The maximum atomic E-state index is 13.1. The van der Waals surface area contributed by atoms with Gasteiger partial charge in [-0.25, -0.2) is 18.2 Å². The molecule has 2 N–H and O–H groups in total. The Morgan fingerprint density at radius 1 is 1.00 bits per heavy atom. The van der Waals surface area contributed by atoms with Crippen LogP contribution >= 0.6 is 0 Å². The molecule has 0 radical (unpaired) electrons. The smallest absolute Gasteiger partial charge is 0.161 e. The molecule has 6 heteroatoms. The van der Waals surface area contributed by atoms with Crippen LogP contribution in [0.5, 0.6) is 5.75 Å². The molecule has 3 rings (SSSR count). The number of hydrogen-bond donors (Lipinski definition) is 2. The number of benzene rings is 2. The highest BCUT2D eigenvalue weighted by Crippen LogP contribution is 2.29. The zero-order valence-corrected chi connectivity index (χ0v) is 9.42. The van der Waals surface area contributed by atoms with Crippen LogP contribution in [0.25, 0.3) is 22.4 Å². The number of halogens is 3. The molecule has 1 aromatic heterocycles. The molecule has 0 fully saturated rings. The highest BCUT2D eigenvalue weighted by molar-refractivity contribution is 5.80. The fourth-order valence-electron chi connectivity index (χ4n) is 1.83. The number of H-pyrrole nitrogens is 1. The zero-order valence-electron chi connectivity index (χ0n) is 9.42. The van der Waals surface area contributed by atoms with Gasteiger partial charge in [0.1, 0.15) is 17.4 Å². The van der Waals surface area contributed by atoms with Gasteiger partial charge in [-0.15, -0.1) is 0 Å². The van der Waals surface area contributed by atoms with Crippen LogP contribution in [0.2, 0.25) is 0 Å². The van der Waals surface area contributed by atoms with Crippen molar-refractivity contribution in [2.75, 3.05) is 0 Å². The summed E-state index contributed by atoms with van der Waals surface area (Å²) in [5.74, 6) is -2.62. The average Bonchev–Trinajstić information content (AvgIpc) is 2.75. The zero-order chi connectivity index (χ0) is 13.6. The Labute approximate surface area is 105 Å². The second kappa shape index (κ2) is 4.01. The van der Waals surface area contributed by atoms with Crippen molar-refractivity contribution in [1.82, 2.24) is 9.97 Å². The van der Waals surface area contributed by atoms with Crippen molar-refractivity contribution in [2.45, 2.75) is 0 Å². The minimum Gasteiger partial charge on any atom is -0.507 e. The van der Waals surface area contributed by atoms with Crippen LogP contribution in [0.1, 0.15) is 0 Å². The van der Waals surface area contributed by atoms with Crippen LogP contribution in [0.4, 0.5) is 13.2 Å². The Morgan fingerprint density at radius 3 is 2.53 bits per heavy atom. The van der Waals surface area contributed by atoms with Gasteiger partial charge in [-0.05, 0) is 18.2 Å². The predicted octanol–water partition coefficient (Wildman–Crippen LogP) is 3.35. The van der Waals surface area contributed by atoms with E-state index in [-0.39, 0.29) is 28.2 Å². The highest BCUT2D eigenvalue weighted by atomic mass is 19.2. The standard InChI is InChI=1S/C13H7F3N2O/c14-6-1-2-12(19)7(3-6)13-17-10-4-8(15)9(16)5-11(10)18-13/h1-5,19H,(H,17,18). The Balaban J connectivity index is 2.23. The van der Waals surface area contributed by atoms with Gasteiger partial charge in [-0.1, -0.05) is 0 Å². The van der Waals surface area contributed by atoms with Gasteiger partial charge in [0.25, 0.3) is 0 Å². The van der Waals surface area contributed by atoms with E-state index in [0.29, 0.717) is 0 Å². The third-order valence-electron chi connectivity index (χ3n) is 2.74. The first-order valence-electron chi connectivity index (χ1n) is 5.38. The molecule has 0 unspecified atom stereocenters. The minimum atomic E-state index is -1.02. The highest BCUT2D eigenvalue weighted by Gasteiger charge is 2.13. The number of imidazole rings is 1. The van der Waals surface area contributed by atoms with Crippen molar-refractivity contribution in [3.8, 4) is 17.1 Å². The van der Waals surface area contributed by atoms with E-state index < -0.39 is 17.5 Å². The van der Waals surface area contributed by atoms with Crippen LogP contribution in [-0.2, 0) is 0 Å². The van der Waals surface area contributed by atoms with Gasteiger partial charge in [0.15, 0.2) is 11.6 Å². The first kappa shape index (κ1) is 11.6. The number of phenolic OH excluding ortho intramolecular Hbond substituents is 1. The Kier molecular flexibility index (Phi) is 2.45. The molecule has 2 aromatic carbocycles. The molecular formula is C13H7F3N2O. The van der Waals surface area contributed by atoms with Crippen molar-refractivity contribution in [3.63, 3.8) is 0 Å². The minimum absolute atomic E-state index is 0.122. The summed E-state index contributed by atoms with van der Waals surface area (Å²) in [5, 5.41) is 9.65. The van der Waals surface area contributed by atoms with Crippen molar-refractivity contribution in [2.24, 2.45) is 0 Å². The van der Waals surface area contributed by atoms with Gasteiger partial charge in [0.05, 0.1) is 16.6 Å². The van der Waals surface area contributed by atoms with E-state index in [1.807, 2.05) is 0 Å². The van der Waals surface area contributed by atoms with Gasteiger partial charge in [-0.3, -0.25) is 0 Å². The number of nitrogens with zero attached hydrogens (tertiary/aromatic N) is 1. The van der Waals surface area contributed by atoms with E-state index in [4.69, 9.17) is 0 Å². The summed E-state index contributed by atoms with van der Waals surface area (Å²) in [6.45, 7) is 0. The van der Waals surface area contributed by atoms with Gasteiger partial charge < -0.3 is 10.1 Å². The van der Waals surface area contributed by atoms with Crippen LogP contribution in [0.15, 0.2) is 30.3 Å². The normalized spacial score (nSPS) is 11.1. The van der Waals surface area contributed by atoms with Crippen LogP contribution in [0.3, 0.4) is 0 Å². The predicted molar refractivity (Wildman–Crippen MR) is 63.1 cm³/mol. The number of aromatic nitrogens is 2. The molecule has 0 aliphatic carbocycles. The lowest BCUT2D eigenvalue weighted by atomic mass is 10.2. The van der Waals surface area contributed by atoms with Crippen molar-refractivity contribution in [3.05, 3.63) is 47.8 Å². The molecule has 0 aliphatic heterocycles. The molecular weight excluding hydrogens is 257 g/mol. The summed E-state index contributed by atoms with van der Waals surface area (Å²) in [6.07, 6.45) is 0. The van der Waals surface area contributed by atoms with E-state index in [9.17, 15) is 18.3 Å². The molecule has 0 aliphatic rings. The Hall–Kier alpha value is -2.50. The number of aromatic amines is 1. The monoisotopic (exact) mass is 264 g/mol. The lowest BCUT2D eigenvalue weighted by Gasteiger charge is -2.00. The molecule has 0 atom stereocenters. The molecule has 3 nitrogen and oxygen atoms in total. The van der Waals surface area contributed by atoms with Gasteiger partial charge in [-0.2, -0.15) is 0 Å². The van der Waals surface area contributed by atoms with E-state index in [2.05, 4.69) is 9.97 Å². The van der Waals surface area contributed by atoms with E-state index >= 15 is 0 Å². The summed E-state index contributed by atoms with van der Waals surface area (Å²) in [7, 11) is 0. The Morgan fingerprint density at radius 2 is 1.74 bits per heavy atom. The molecule has 19 heavy (non-hydrogen) atoms. The molecule has 1 heterocycles. The van der Waals surface area contributed by atoms with Crippen LogP contribution in [0, 0.1) is 17.5 Å². The molecule has 96 valence electrons. The molecule has 0 bridgehead atoms. The summed E-state index contributed by atoms with van der Waals surface area (Å²) in [6, 6.07) is 5.25. The summed E-state index contributed by atoms with van der Waals surface area (Å²) in [4.78, 5) is 6.70. The second-order valence-corrected chi connectivity index (χ2v) is 4.03. The van der Waals surface area contributed by atoms with Gasteiger partial charge >= 0.3 is 0 Å². The Bertz CT molecular complexity index is 744. The number of aromatic hydroxyl groups is 1. The topological polar surface area (TPSA) is 48.9 Å². The van der Waals surface area contributed by atoms with E-state index in [0.717, 1.165) is 24.3 Å². The van der Waals surface area contributed by atoms with Crippen LogP contribution in [-0.4, -0.2) is 15.1 Å². The van der Waals surface area contributed by atoms with Crippen LogP contribution < -0.4 is 0 Å². The number of nitrogens with one attached hydrogen (secondary N) is 1. The lowest BCUT2D eigenvalue weighted by Crippen LogP contribution is -1.83. The first-order chi connectivity index (χ1) is 9.04. The van der Waals surface area contributed by atoms with E-state index in [1.165, 1.54) is 6.07 Å². The maximum absolute atomic E-state index is 13.1. The van der Waals surface area contributed by atoms with Crippen molar-refractivity contribution in [1.29, 1.82) is 0 Å². The quantitative estimate of drug-likeness (QED) is 0.708. The number of fused-ring (bicyclic) bond motifs is 1. The third-order valence-corrected chi connectivity index (χ3v) is 2.74. The SMILES string of the molecule is Oc1ccc(F)cc1-c1nc2cc(F)c(F)cc2[nH]1. The average molecular weight is 264 g/mol. The fraction of sp³-hybridized carbons (Fsp3) is 0. The molecule has 3 aromatic rings. The summed E-state index contributed by atoms with van der Waals surface area (Å²) < 4.78 is 39.3. The maximum Gasteiger partial charge on any atom is 0.161 e. The van der Waals surface area contributed by atoms with Gasteiger partial charge in [0.2, 0.25) is 0 Å². The van der Waals surface area contributed by atoms with Crippen molar-refractivity contribution >= 4 is 11.0 Å². The molecule has 0 amide bonds. The summed E-state index contributed by atoms with van der Waals surface area (Å²) >= 11 is 0. The summed E-state index contributed by atoms with van der Waals surface area (Å²) in [5.41, 5.74) is 0.576. The number of hydrogen-bond acceptors (Lipinski definition) is 2. The molecule has 0 saturated heterocycles. The molecule has 0 saturated carbocycles. The first-order valence-corrected chi connectivity index (χ1v) is 5.38. The number of phenols is 1.